The van der Waals surface area contributed by atoms with Crippen LogP contribution in [0.25, 0.3) is 0 Å². The van der Waals surface area contributed by atoms with E-state index in [2.05, 4.69) is 13.8 Å². The van der Waals surface area contributed by atoms with Crippen molar-refractivity contribution >= 4 is 0 Å². The van der Waals surface area contributed by atoms with E-state index in [1.807, 2.05) is 0 Å². The summed E-state index contributed by atoms with van der Waals surface area (Å²) in [7, 11) is 0. The molecule has 1 heteroatoms. The lowest BCUT2D eigenvalue weighted by Crippen LogP contribution is -2.25. The molecule has 0 bridgehead atoms. The van der Waals surface area contributed by atoms with Gasteiger partial charge in [-0.1, -0.05) is 13.3 Å². The van der Waals surface area contributed by atoms with Crippen molar-refractivity contribution in [2.24, 2.45) is 17.8 Å². The molecule has 0 amide bonds. The zero-order chi connectivity index (χ0) is 7.84. The first-order valence-corrected chi connectivity index (χ1v) is 4.89. The summed E-state index contributed by atoms with van der Waals surface area (Å²) >= 11 is 0. The summed E-state index contributed by atoms with van der Waals surface area (Å²) in [5.41, 5.74) is 0. The minimum atomic E-state index is 0.549. The van der Waals surface area contributed by atoms with E-state index < -0.39 is 0 Å². The third-order valence-electron chi connectivity index (χ3n) is 3.48. The molecule has 64 valence electrons. The number of ether oxygens (including phenoxy) is 1. The van der Waals surface area contributed by atoms with Crippen LogP contribution < -0.4 is 0 Å². The van der Waals surface area contributed by atoms with E-state index in [0.29, 0.717) is 6.10 Å². The Morgan fingerprint density at radius 3 is 2.82 bits per heavy atom. The molecule has 1 saturated heterocycles. The highest BCUT2D eigenvalue weighted by atomic mass is 16.5. The van der Waals surface area contributed by atoms with Crippen molar-refractivity contribution in [1.29, 1.82) is 0 Å². The summed E-state index contributed by atoms with van der Waals surface area (Å²) in [6, 6.07) is 0. The zero-order valence-electron chi connectivity index (χ0n) is 7.55. The average Bonchev–Trinajstić information content (AvgIpc) is 2.32. The van der Waals surface area contributed by atoms with Crippen LogP contribution >= 0.6 is 0 Å². The molecule has 0 N–H and O–H groups in total. The van der Waals surface area contributed by atoms with Gasteiger partial charge in [0.15, 0.2) is 0 Å². The van der Waals surface area contributed by atoms with Crippen molar-refractivity contribution < 1.29 is 4.74 Å². The highest BCUT2D eigenvalue weighted by Gasteiger charge is 2.37. The molecule has 0 aromatic heterocycles. The summed E-state index contributed by atoms with van der Waals surface area (Å²) in [5.74, 6) is 2.74. The van der Waals surface area contributed by atoms with Crippen LogP contribution in [0.4, 0.5) is 0 Å². The molecule has 2 rings (SSSR count). The highest BCUT2D eigenvalue weighted by molar-refractivity contribution is 4.86. The molecular formula is C10H18O. The minimum absolute atomic E-state index is 0.549. The Hall–Kier alpha value is -0.0400. The molecule has 0 aromatic rings. The number of hydrogen-bond acceptors (Lipinski definition) is 1. The van der Waals surface area contributed by atoms with Gasteiger partial charge in [-0.3, -0.25) is 0 Å². The van der Waals surface area contributed by atoms with Crippen LogP contribution in [0.5, 0.6) is 0 Å². The fraction of sp³-hybridized carbons (Fsp3) is 1.00. The molecule has 1 saturated carbocycles. The lowest BCUT2D eigenvalue weighted by Gasteiger charge is -2.29. The predicted octanol–water partition coefficient (Wildman–Crippen LogP) is 2.46. The van der Waals surface area contributed by atoms with Crippen molar-refractivity contribution in [3.05, 3.63) is 0 Å². The first-order chi connectivity index (χ1) is 5.27. The molecule has 1 aliphatic carbocycles. The SMILES string of the molecule is CC1CCC2C(COC2C)C1. The summed E-state index contributed by atoms with van der Waals surface area (Å²) in [4.78, 5) is 0. The second-order valence-electron chi connectivity index (χ2n) is 4.38. The summed E-state index contributed by atoms with van der Waals surface area (Å²) in [6.07, 6.45) is 4.80. The van der Waals surface area contributed by atoms with E-state index in [4.69, 9.17) is 4.74 Å². The lowest BCUT2D eigenvalue weighted by molar-refractivity contribution is 0.103. The minimum Gasteiger partial charge on any atom is -0.378 e. The van der Waals surface area contributed by atoms with Crippen LogP contribution in [0.3, 0.4) is 0 Å². The van der Waals surface area contributed by atoms with Gasteiger partial charge in [0.1, 0.15) is 0 Å². The van der Waals surface area contributed by atoms with E-state index >= 15 is 0 Å². The first-order valence-electron chi connectivity index (χ1n) is 4.89. The third-order valence-corrected chi connectivity index (χ3v) is 3.48. The summed E-state index contributed by atoms with van der Waals surface area (Å²) in [6.45, 7) is 5.65. The van der Waals surface area contributed by atoms with Gasteiger partial charge in [-0.05, 0) is 37.5 Å². The second-order valence-corrected chi connectivity index (χ2v) is 4.38. The second kappa shape index (κ2) is 2.78. The first kappa shape index (κ1) is 7.60. The Morgan fingerprint density at radius 1 is 1.18 bits per heavy atom. The molecule has 0 spiro atoms. The Bertz CT molecular complexity index is 144. The van der Waals surface area contributed by atoms with Crippen LogP contribution in [-0.4, -0.2) is 12.7 Å². The van der Waals surface area contributed by atoms with Crippen LogP contribution in [-0.2, 0) is 4.74 Å². The van der Waals surface area contributed by atoms with Crippen LogP contribution in [0, 0.1) is 17.8 Å². The predicted molar refractivity (Wildman–Crippen MR) is 45.4 cm³/mol. The molecule has 0 radical (unpaired) electrons. The average molecular weight is 154 g/mol. The van der Waals surface area contributed by atoms with Crippen molar-refractivity contribution in [1.82, 2.24) is 0 Å². The number of rotatable bonds is 0. The molecule has 1 aliphatic heterocycles. The van der Waals surface area contributed by atoms with Gasteiger partial charge in [0.25, 0.3) is 0 Å². The molecule has 2 aliphatic rings. The summed E-state index contributed by atoms with van der Waals surface area (Å²) < 4.78 is 5.65. The van der Waals surface area contributed by atoms with Crippen LogP contribution in [0.1, 0.15) is 33.1 Å². The van der Waals surface area contributed by atoms with Gasteiger partial charge in [-0.2, -0.15) is 0 Å². The molecule has 1 nitrogen and oxygen atoms in total. The monoisotopic (exact) mass is 154 g/mol. The summed E-state index contributed by atoms with van der Waals surface area (Å²) in [5, 5.41) is 0. The van der Waals surface area contributed by atoms with E-state index in [1.165, 1.54) is 19.3 Å². The Labute approximate surface area is 69.1 Å². The molecular weight excluding hydrogens is 136 g/mol. The number of fused-ring (bicyclic) bond motifs is 1. The van der Waals surface area contributed by atoms with E-state index in [-0.39, 0.29) is 0 Å². The fourth-order valence-electron chi connectivity index (χ4n) is 2.73. The van der Waals surface area contributed by atoms with Crippen molar-refractivity contribution in [2.45, 2.75) is 39.2 Å². The van der Waals surface area contributed by atoms with Gasteiger partial charge in [0.2, 0.25) is 0 Å². The van der Waals surface area contributed by atoms with Gasteiger partial charge < -0.3 is 4.74 Å². The van der Waals surface area contributed by atoms with E-state index in [0.717, 1.165) is 24.4 Å². The number of hydrogen-bond donors (Lipinski definition) is 0. The van der Waals surface area contributed by atoms with Crippen molar-refractivity contribution in [3.63, 3.8) is 0 Å². The molecule has 11 heavy (non-hydrogen) atoms. The molecule has 4 atom stereocenters. The third kappa shape index (κ3) is 1.31. The van der Waals surface area contributed by atoms with Gasteiger partial charge in [0.05, 0.1) is 12.7 Å². The quantitative estimate of drug-likeness (QED) is 0.521. The Morgan fingerprint density at radius 2 is 2.00 bits per heavy atom. The fourth-order valence-corrected chi connectivity index (χ4v) is 2.73. The lowest BCUT2D eigenvalue weighted by atomic mass is 9.74. The Balaban J connectivity index is 2.00. The van der Waals surface area contributed by atoms with E-state index in [9.17, 15) is 0 Å². The largest absolute Gasteiger partial charge is 0.378 e. The van der Waals surface area contributed by atoms with Crippen molar-refractivity contribution in [3.8, 4) is 0 Å². The van der Waals surface area contributed by atoms with Crippen molar-refractivity contribution in [2.75, 3.05) is 6.61 Å². The van der Waals surface area contributed by atoms with Crippen LogP contribution in [0.15, 0.2) is 0 Å². The molecule has 1 heterocycles. The normalized spacial score (nSPS) is 50.7. The topological polar surface area (TPSA) is 9.23 Å². The zero-order valence-corrected chi connectivity index (χ0v) is 7.55. The Kier molecular flexibility index (Phi) is 1.92. The van der Waals surface area contributed by atoms with Gasteiger partial charge in [0, 0.05) is 0 Å². The maximum absolute atomic E-state index is 5.65. The maximum Gasteiger partial charge on any atom is 0.0578 e. The molecule has 0 aromatic carbocycles. The van der Waals surface area contributed by atoms with Gasteiger partial charge in [-0.15, -0.1) is 0 Å². The smallest absolute Gasteiger partial charge is 0.0578 e. The standard InChI is InChI=1S/C10H18O/c1-7-3-4-10-8(2)11-6-9(10)5-7/h7-10H,3-6H2,1-2H3. The van der Waals surface area contributed by atoms with E-state index in [1.54, 1.807) is 0 Å². The molecule has 2 fully saturated rings. The highest BCUT2D eigenvalue weighted by Crippen LogP contribution is 2.40. The molecule has 4 unspecified atom stereocenters. The van der Waals surface area contributed by atoms with Gasteiger partial charge >= 0.3 is 0 Å². The maximum atomic E-state index is 5.65. The van der Waals surface area contributed by atoms with Gasteiger partial charge in [-0.25, -0.2) is 0 Å². The van der Waals surface area contributed by atoms with Crippen LogP contribution in [0.2, 0.25) is 0 Å².